The molecule has 0 aromatic carbocycles. The molecule has 0 saturated heterocycles. The monoisotopic (exact) mass is 682 g/mol. The fraction of sp³-hybridized carbons (Fsp3) is 0.250. The van der Waals surface area contributed by atoms with Crippen molar-refractivity contribution in [2.75, 3.05) is 0 Å². The zero-order chi connectivity index (χ0) is 23.9. The first-order chi connectivity index (χ1) is 15.2. The van der Waals surface area contributed by atoms with Gasteiger partial charge in [-0.2, -0.15) is 0 Å². The first-order valence-corrected chi connectivity index (χ1v) is 17.2. The van der Waals surface area contributed by atoms with Gasteiger partial charge in [-0.15, -0.1) is 0 Å². The van der Waals surface area contributed by atoms with Crippen LogP contribution in [0, 0.1) is 0 Å². The van der Waals surface area contributed by atoms with Gasteiger partial charge in [-0.3, -0.25) is 19.2 Å². The van der Waals surface area contributed by atoms with Crippen molar-refractivity contribution >= 4 is 110 Å². The largest absolute Gasteiger partial charge is 0.480 e. The van der Waals surface area contributed by atoms with Crippen molar-refractivity contribution in [3.63, 3.8) is 0 Å². The van der Waals surface area contributed by atoms with Gasteiger partial charge in [0.05, 0.1) is 0 Å². The Bertz CT molecular complexity index is 662. The molecule has 0 bridgehead atoms. The maximum atomic E-state index is 10.1. The molecule has 0 fully saturated rings. The molecule has 0 aliphatic carbocycles. The summed E-state index contributed by atoms with van der Waals surface area (Å²) < 4.78 is 0. The minimum absolute atomic E-state index is 0. The average molecular weight is 684 g/mol. The molecule has 4 unspecified atom stereocenters. The van der Waals surface area contributed by atoms with Gasteiger partial charge in [0.2, 0.25) is 0 Å². The first kappa shape index (κ1) is 33.5. The summed E-state index contributed by atoms with van der Waals surface area (Å²) >= 11 is 0. The van der Waals surface area contributed by atoms with Crippen LogP contribution in [-0.2, 0) is 45.4 Å². The van der Waals surface area contributed by atoms with E-state index in [4.69, 9.17) is 20.4 Å². The maximum absolute atomic E-state index is 10.1. The van der Waals surface area contributed by atoms with Gasteiger partial charge in [0, 0.05) is 26.2 Å². The number of aliphatic carboxylic acids is 4. The molecule has 0 aromatic rings. The van der Waals surface area contributed by atoms with E-state index in [0.29, 0.717) is 0 Å². The molecular formula is C16H16O8S8Zr. The molecule has 4 heterocycles. The summed E-state index contributed by atoms with van der Waals surface area (Å²) in [6.07, 6.45) is 6.71. The van der Waals surface area contributed by atoms with Crippen LogP contribution < -0.4 is 0 Å². The van der Waals surface area contributed by atoms with Gasteiger partial charge in [-0.1, -0.05) is 111 Å². The van der Waals surface area contributed by atoms with E-state index in [0.717, 1.165) is 0 Å². The van der Waals surface area contributed by atoms with Crippen LogP contribution in [0.15, 0.2) is 45.9 Å². The second-order valence-corrected chi connectivity index (χ2v) is 14.4. The molecule has 4 rings (SSSR count). The molecule has 4 atom stereocenters. The number of rotatable bonds is 4. The van der Waals surface area contributed by atoms with Crippen LogP contribution in [0.2, 0.25) is 0 Å². The Kier molecular flexibility index (Phi) is 20.0. The molecule has 0 saturated carbocycles. The SMILES string of the molecule is O=C(O)C1C=CSS1.O=C(O)C1C=CSS1.O=C(O)C1C=CSS1.O=C(O)C1C=CSS1.[Zr]. The average Bonchev–Trinajstić information content (AvgIpc) is 3.56. The fourth-order valence-corrected chi connectivity index (χ4v) is 9.06. The zero-order valence-corrected chi connectivity index (χ0v) is 25.1. The summed E-state index contributed by atoms with van der Waals surface area (Å²) in [5.74, 6) is -3.01. The maximum Gasteiger partial charge on any atom is 0.321 e. The Balaban J connectivity index is 0.000000410. The molecule has 4 aliphatic rings. The van der Waals surface area contributed by atoms with E-state index in [1.165, 1.54) is 86.4 Å². The molecule has 8 nitrogen and oxygen atoms in total. The van der Waals surface area contributed by atoms with Gasteiger partial charge in [-0.25, -0.2) is 0 Å². The second-order valence-electron chi connectivity index (χ2n) is 5.12. The number of carboxylic acids is 4. The number of hydrogen-bond donors (Lipinski definition) is 4. The van der Waals surface area contributed by atoms with Crippen LogP contribution in [0.25, 0.3) is 0 Å². The van der Waals surface area contributed by atoms with Crippen molar-refractivity contribution in [2.24, 2.45) is 0 Å². The Morgan fingerprint density at radius 3 is 0.697 bits per heavy atom. The number of hydrogen-bond acceptors (Lipinski definition) is 12. The Morgan fingerprint density at radius 2 is 0.636 bits per heavy atom. The third-order valence-electron chi connectivity index (χ3n) is 2.85. The molecule has 0 aromatic heterocycles. The van der Waals surface area contributed by atoms with Crippen LogP contribution in [0.3, 0.4) is 0 Å². The quantitative estimate of drug-likeness (QED) is 0.280. The molecular weight excluding hydrogens is 668 g/mol. The molecule has 0 radical (unpaired) electrons. The summed E-state index contributed by atoms with van der Waals surface area (Å²) in [7, 11) is 11.3. The summed E-state index contributed by atoms with van der Waals surface area (Å²) in [6, 6.07) is 0. The Labute approximate surface area is 240 Å². The standard InChI is InChI=1S/4C4H4O2S2.Zr/c4*5-4(6)3-1-2-7-8-3;/h4*1-3H,(H,5,6);. The minimum Gasteiger partial charge on any atom is -0.480 e. The Hall–Kier alpha value is 0.523. The molecule has 17 heteroatoms. The van der Waals surface area contributed by atoms with E-state index in [1.807, 2.05) is 0 Å². The van der Waals surface area contributed by atoms with E-state index >= 15 is 0 Å². The van der Waals surface area contributed by atoms with Gasteiger partial charge in [0.25, 0.3) is 0 Å². The summed E-state index contributed by atoms with van der Waals surface area (Å²) in [5, 5.41) is 39.2. The topological polar surface area (TPSA) is 149 Å². The van der Waals surface area contributed by atoms with Crippen molar-refractivity contribution in [1.29, 1.82) is 0 Å². The van der Waals surface area contributed by atoms with E-state index < -0.39 is 23.9 Å². The number of carboxylic acid groups (broad SMARTS) is 4. The smallest absolute Gasteiger partial charge is 0.321 e. The summed E-state index contributed by atoms with van der Waals surface area (Å²) in [4.78, 5) is 40.5. The summed E-state index contributed by atoms with van der Waals surface area (Å²) in [5.41, 5.74) is 0. The van der Waals surface area contributed by atoms with Gasteiger partial charge in [0.1, 0.15) is 21.0 Å². The van der Waals surface area contributed by atoms with E-state index in [-0.39, 0.29) is 47.2 Å². The van der Waals surface area contributed by atoms with Gasteiger partial charge in [-0.05, 0) is 21.6 Å². The van der Waals surface area contributed by atoms with Crippen LogP contribution in [0.5, 0.6) is 0 Å². The van der Waals surface area contributed by atoms with Crippen LogP contribution >= 0.6 is 86.4 Å². The molecule has 33 heavy (non-hydrogen) atoms. The van der Waals surface area contributed by atoms with Crippen LogP contribution in [-0.4, -0.2) is 65.3 Å². The molecule has 0 spiro atoms. The first-order valence-electron chi connectivity index (χ1n) is 8.08. The molecule has 180 valence electrons. The third-order valence-corrected chi connectivity index (χ3v) is 11.8. The van der Waals surface area contributed by atoms with Crippen LogP contribution in [0.4, 0.5) is 0 Å². The van der Waals surface area contributed by atoms with Gasteiger partial charge in [0.15, 0.2) is 0 Å². The van der Waals surface area contributed by atoms with E-state index in [1.54, 1.807) is 45.9 Å². The normalized spacial score (nSPS) is 25.5. The van der Waals surface area contributed by atoms with E-state index in [2.05, 4.69) is 0 Å². The van der Waals surface area contributed by atoms with Crippen molar-refractivity contribution in [1.82, 2.24) is 0 Å². The van der Waals surface area contributed by atoms with Crippen LogP contribution in [0.1, 0.15) is 0 Å². The predicted molar refractivity (Wildman–Crippen MR) is 143 cm³/mol. The van der Waals surface area contributed by atoms with E-state index in [9.17, 15) is 19.2 Å². The second kappa shape index (κ2) is 19.7. The number of carbonyl (C=O) groups is 4. The van der Waals surface area contributed by atoms with Gasteiger partial charge >= 0.3 is 23.9 Å². The fourth-order valence-electron chi connectivity index (χ4n) is 1.40. The van der Waals surface area contributed by atoms with Crippen molar-refractivity contribution in [3.05, 3.63) is 45.9 Å². The zero-order valence-electron chi connectivity index (χ0n) is 16.1. The predicted octanol–water partition coefficient (Wildman–Crippen LogP) is 5.39. The minimum atomic E-state index is -0.753. The molecule has 4 N–H and O–H groups in total. The van der Waals surface area contributed by atoms with Crippen molar-refractivity contribution < 1.29 is 65.8 Å². The van der Waals surface area contributed by atoms with Crippen molar-refractivity contribution in [3.8, 4) is 0 Å². The van der Waals surface area contributed by atoms with Crippen molar-refractivity contribution in [2.45, 2.75) is 21.0 Å². The third kappa shape index (κ3) is 15.3. The molecule has 0 amide bonds. The molecule has 4 aliphatic heterocycles. The summed E-state index contributed by atoms with van der Waals surface area (Å²) in [6.45, 7) is 0. The van der Waals surface area contributed by atoms with Gasteiger partial charge < -0.3 is 20.4 Å². The Morgan fingerprint density at radius 1 is 0.455 bits per heavy atom.